The molecule has 0 aliphatic rings. The molecule has 20 heavy (non-hydrogen) atoms. The molecule has 0 aromatic carbocycles. The summed E-state index contributed by atoms with van der Waals surface area (Å²) < 4.78 is 11.0. The molecular formula is C14H25NO4Si. The van der Waals surface area contributed by atoms with Crippen molar-refractivity contribution in [2.75, 3.05) is 6.61 Å². The molecule has 0 radical (unpaired) electrons. The first kappa shape index (κ1) is 16.9. The number of rotatable bonds is 5. The van der Waals surface area contributed by atoms with Gasteiger partial charge in [-0.25, -0.2) is 4.79 Å². The minimum Gasteiger partial charge on any atom is -0.475 e. The van der Waals surface area contributed by atoms with Gasteiger partial charge in [-0.3, -0.25) is 0 Å². The van der Waals surface area contributed by atoms with E-state index in [1.54, 1.807) is 0 Å². The average Bonchev–Trinajstić information content (AvgIpc) is 2.75. The van der Waals surface area contributed by atoms with Gasteiger partial charge in [0.2, 0.25) is 5.76 Å². The summed E-state index contributed by atoms with van der Waals surface area (Å²) in [5.41, 5.74) is 0.223. The monoisotopic (exact) mass is 299 g/mol. The Morgan fingerprint density at radius 3 is 2.30 bits per heavy atom. The zero-order valence-electron chi connectivity index (χ0n) is 13.4. The van der Waals surface area contributed by atoms with Gasteiger partial charge >= 0.3 is 5.97 Å². The van der Waals surface area contributed by atoms with Crippen molar-refractivity contribution in [1.82, 2.24) is 5.16 Å². The fraction of sp³-hybridized carbons (Fsp3) is 0.714. The van der Waals surface area contributed by atoms with Crippen molar-refractivity contribution < 1.29 is 18.9 Å². The molecule has 5 nitrogen and oxygen atoms in total. The molecule has 1 heterocycles. The van der Waals surface area contributed by atoms with E-state index in [4.69, 9.17) is 14.1 Å². The van der Waals surface area contributed by atoms with Crippen LogP contribution in [0.4, 0.5) is 0 Å². The molecule has 1 aromatic rings. The predicted molar refractivity (Wildman–Crippen MR) is 79.6 cm³/mol. The Balaban J connectivity index is 2.82. The van der Waals surface area contributed by atoms with Crippen molar-refractivity contribution in [2.24, 2.45) is 0 Å². The summed E-state index contributed by atoms with van der Waals surface area (Å²) >= 11 is 0. The van der Waals surface area contributed by atoms with Gasteiger partial charge in [-0.1, -0.05) is 39.8 Å². The first-order valence-electron chi connectivity index (χ1n) is 6.71. The van der Waals surface area contributed by atoms with E-state index < -0.39 is 14.3 Å². The molecule has 6 heteroatoms. The van der Waals surface area contributed by atoms with Crippen LogP contribution in [0.2, 0.25) is 18.1 Å². The molecule has 0 saturated carbocycles. The molecule has 0 spiro atoms. The first-order chi connectivity index (χ1) is 8.87. The van der Waals surface area contributed by atoms with Gasteiger partial charge in [0.15, 0.2) is 8.32 Å². The lowest BCUT2D eigenvalue weighted by Gasteiger charge is -2.38. The normalized spacial score (nSPS) is 13.6. The van der Waals surface area contributed by atoms with E-state index in [0.29, 0.717) is 12.3 Å². The summed E-state index contributed by atoms with van der Waals surface area (Å²) in [5.74, 6) is -1.25. The van der Waals surface area contributed by atoms with Gasteiger partial charge in [0.25, 0.3) is 0 Å². The molecule has 1 rings (SSSR count). The van der Waals surface area contributed by atoms with Crippen LogP contribution >= 0.6 is 0 Å². The van der Waals surface area contributed by atoms with E-state index in [1.165, 1.54) is 6.07 Å². The second-order valence-corrected chi connectivity index (χ2v) is 12.1. The highest BCUT2D eigenvalue weighted by Crippen LogP contribution is 2.38. The highest BCUT2D eigenvalue weighted by Gasteiger charge is 2.39. The number of nitrogens with zero attached hydrogens (tertiary/aromatic N) is 1. The summed E-state index contributed by atoms with van der Waals surface area (Å²) in [4.78, 5) is 10.8. The second kappa shape index (κ2) is 5.33. The maximum absolute atomic E-state index is 10.8. The van der Waals surface area contributed by atoms with Crippen molar-refractivity contribution in [3.63, 3.8) is 0 Å². The topological polar surface area (TPSA) is 72.6 Å². The summed E-state index contributed by atoms with van der Waals surface area (Å²) in [5, 5.41) is 12.9. The Hall–Kier alpha value is -1.14. The molecule has 0 atom stereocenters. The van der Waals surface area contributed by atoms with E-state index in [-0.39, 0.29) is 16.2 Å². The summed E-state index contributed by atoms with van der Waals surface area (Å²) in [6.07, 6.45) is 0. The van der Waals surface area contributed by atoms with Crippen LogP contribution in [0.5, 0.6) is 0 Å². The molecule has 0 fully saturated rings. The lowest BCUT2D eigenvalue weighted by atomic mass is 9.90. The lowest BCUT2D eigenvalue weighted by Crippen LogP contribution is -2.44. The third-order valence-corrected chi connectivity index (χ3v) is 8.49. The van der Waals surface area contributed by atoms with Gasteiger partial charge in [-0.05, 0) is 18.1 Å². The Kier molecular flexibility index (Phi) is 4.51. The zero-order valence-corrected chi connectivity index (χ0v) is 14.4. The van der Waals surface area contributed by atoms with E-state index in [9.17, 15) is 4.79 Å². The number of aromatic nitrogens is 1. The molecule has 0 amide bonds. The number of aromatic carboxylic acids is 1. The third kappa shape index (κ3) is 3.70. The zero-order chi connectivity index (χ0) is 15.8. The largest absolute Gasteiger partial charge is 0.475 e. The molecule has 0 aliphatic carbocycles. The van der Waals surface area contributed by atoms with Gasteiger partial charge in [0.1, 0.15) is 0 Å². The molecule has 0 unspecified atom stereocenters. The van der Waals surface area contributed by atoms with Gasteiger partial charge in [-0.15, -0.1) is 0 Å². The Bertz CT molecular complexity index is 486. The fourth-order valence-corrected chi connectivity index (χ4v) is 2.50. The predicted octanol–water partition coefficient (Wildman–Crippen LogP) is 3.67. The maximum atomic E-state index is 10.8. The highest BCUT2D eigenvalue weighted by atomic mass is 28.4. The van der Waals surface area contributed by atoms with Crippen molar-refractivity contribution in [2.45, 2.75) is 58.2 Å². The van der Waals surface area contributed by atoms with E-state index in [0.717, 1.165) is 0 Å². The van der Waals surface area contributed by atoms with Crippen molar-refractivity contribution >= 4 is 14.3 Å². The minimum absolute atomic E-state index is 0.138. The summed E-state index contributed by atoms with van der Waals surface area (Å²) in [6.45, 7) is 15.4. The molecule has 114 valence electrons. The van der Waals surface area contributed by atoms with Crippen LogP contribution in [0.1, 0.15) is 50.9 Å². The van der Waals surface area contributed by atoms with Gasteiger partial charge in [0, 0.05) is 18.1 Å². The number of carboxylic acids is 1. The Morgan fingerprint density at radius 2 is 1.90 bits per heavy atom. The van der Waals surface area contributed by atoms with Crippen LogP contribution in [-0.4, -0.2) is 31.2 Å². The van der Waals surface area contributed by atoms with E-state index in [1.807, 2.05) is 13.8 Å². The van der Waals surface area contributed by atoms with Crippen LogP contribution in [0.3, 0.4) is 0 Å². The van der Waals surface area contributed by atoms with Crippen molar-refractivity contribution in [3.8, 4) is 0 Å². The fourth-order valence-electron chi connectivity index (χ4n) is 1.35. The molecule has 0 bridgehead atoms. The molecule has 1 aromatic heterocycles. The summed E-state index contributed by atoms with van der Waals surface area (Å²) in [7, 11) is -1.84. The molecular weight excluding hydrogens is 274 g/mol. The van der Waals surface area contributed by atoms with Crippen LogP contribution < -0.4 is 0 Å². The number of carbonyl (C=O) groups is 1. The van der Waals surface area contributed by atoms with E-state index >= 15 is 0 Å². The van der Waals surface area contributed by atoms with Crippen molar-refractivity contribution in [3.05, 3.63) is 17.5 Å². The van der Waals surface area contributed by atoms with Crippen LogP contribution in [0.25, 0.3) is 0 Å². The highest BCUT2D eigenvalue weighted by molar-refractivity contribution is 6.74. The second-order valence-electron chi connectivity index (χ2n) is 7.31. The van der Waals surface area contributed by atoms with Crippen LogP contribution in [-0.2, 0) is 9.84 Å². The number of hydrogen-bond acceptors (Lipinski definition) is 4. The Labute approximate surface area is 121 Å². The van der Waals surface area contributed by atoms with Gasteiger partial charge in [-0.2, -0.15) is 0 Å². The smallest absolute Gasteiger partial charge is 0.374 e. The Morgan fingerprint density at radius 1 is 1.35 bits per heavy atom. The summed E-state index contributed by atoms with van der Waals surface area (Å²) in [6, 6.07) is 1.47. The van der Waals surface area contributed by atoms with Gasteiger partial charge < -0.3 is 14.1 Å². The van der Waals surface area contributed by atoms with Crippen molar-refractivity contribution in [1.29, 1.82) is 0 Å². The average molecular weight is 299 g/mol. The third-order valence-electron chi connectivity index (χ3n) is 4.01. The molecule has 0 saturated heterocycles. The quantitative estimate of drug-likeness (QED) is 0.840. The van der Waals surface area contributed by atoms with Crippen LogP contribution in [0.15, 0.2) is 10.6 Å². The molecule has 0 aliphatic heterocycles. The standard InChI is InChI=1S/C14H25NO4Si/c1-13(2,3)20(6,7)18-9-14(4,5)11-8-10(12(16)17)19-15-11/h8H,9H2,1-7H3,(H,16,17). The van der Waals surface area contributed by atoms with E-state index in [2.05, 4.69) is 39.0 Å². The number of carboxylic acid groups (broad SMARTS) is 1. The maximum Gasteiger partial charge on any atom is 0.374 e. The number of hydrogen-bond donors (Lipinski definition) is 1. The molecule has 1 N–H and O–H groups in total. The van der Waals surface area contributed by atoms with Gasteiger partial charge in [0.05, 0.1) is 5.69 Å². The lowest BCUT2D eigenvalue weighted by molar-refractivity contribution is 0.0651. The first-order valence-corrected chi connectivity index (χ1v) is 9.62. The van der Waals surface area contributed by atoms with Crippen LogP contribution in [0, 0.1) is 0 Å². The SMILES string of the molecule is CC(C)(CO[Si](C)(C)C(C)(C)C)c1cc(C(=O)O)on1. The minimum atomic E-state index is -1.84.